The van der Waals surface area contributed by atoms with E-state index >= 15 is 0 Å². The normalized spacial score (nSPS) is 11.2. The molecule has 0 aliphatic rings. The molecule has 2 aromatic carbocycles. The molecule has 0 aliphatic heterocycles. The van der Waals surface area contributed by atoms with Crippen LogP contribution in [0.25, 0.3) is 11.6 Å². The zero-order valence-electron chi connectivity index (χ0n) is 17.4. The lowest BCUT2D eigenvalue weighted by Gasteiger charge is -2.13. The average molecular weight is 456 g/mol. The Bertz CT molecular complexity index is 822. The minimum absolute atomic E-state index is 0.568. The number of ether oxygens (including phenoxy) is 2. The molecule has 0 aliphatic carbocycles. The standard InChI is InChI=1S/C25H30BrNO2/c1-3-5-6-7-8-9-16-29-24-15-10-20(18-25(24)28-4-2)17-22(19-27)21-11-13-23(26)14-12-21/h10-15,17-18H,3-9,16H2,1-2H3/b22-17+. The highest BCUT2D eigenvalue weighted by molar-refractivity contribution is 9.10. The number of rotatable bonds is 12. The van der Waals surface area contributed by atoms with Crippen LogP contribution < -0.4 is 9.47 Å². The van der Waals surface area contributed by atoms with E-state index in [2.05, 4.69) is 28.9 Å². The Kier molecular flexibility index (Phi) is 10.4. The van der Waals surface area contributed by atoms with Gasteiger partial charge in [0.1, 0.15) is 0 Å². The molecule has 4 heteroatoms. The van der Waals surface area contributed by atoms with Crippen LogP contribution in [0.5, 0.6) is 11.5 Å². The molecule has 0 radical (unpaired) electrons. The Morgan fingerprint density at radius 3 is 2.34 bits per heavy atom. The third-order valence-corrected chi connectivity index (χ3v) is 5.14. The summed E-state index contributed by atoms with van der Waals surface area (Å²) in [5.74, 6) is 1.49. The van der Waals surface area contributed by atoms with Crippen LogP contribution in [0.4, 0.5) is 0 Å². The number of hydrogen-bond donors (Lipinski definition) is 0. The van der Waals surface area contributed by atoms with E-state index < -0.39 is 0 Å². The molecule has 0 saturated heterocycles. The highest BCUT2D eigenvalue weighted by atomic mass is 79.9. The predicted octanol–water partition coefficient (Wildman–Crippen LogP) is 7.65. The van der Waals surface area contributed by atoms with Crippen LogP contribution in [0.1, 0.15) is 63.5 Å². The van der Waals surface area contributed by atoms with E-state index in [9.17, 15) is 5.26 Å². The molecule has 0 spiro atoms. The van der Waals surface area contributed by atoms with Gasteiger partial charge in [0.25, 0.3) is 0 Å². The highest BCUT2D eigenvalue weighted by Gasteiger charge is 2.08. The van der Waals surface area contributed by atoms with Gasteiger partial charge in [0, 0.05) is 4.47 Å². The van der Waals surface area contributed by atoms with Crippen molar-refractivity contribution in [3.63, 3.8) is 0 Å². The van der Waals surface area contributed by atoms with Crippen LogP contribution in [0.3, 0.4) is 0 Å². The van der Waals surface area contributed by atoms with E-state index in [0.717, 1.165) is 33.5 Å². The summed E-state index contributed by atoms with van der Waals surface area (Å²) in [6.07, 6.45) is 9.29. The molecule has 0 heterocycles. The Labute approximate surface area is 183 Å². The molecule has 0 aromatic heterocycles. The summed E-state index contributed by atoms with van der Waals surface area (Å²) in [4.78, 5) is 0. The van der Waals surface area contributed by atoms with Gasteiger partial charge in [-0.3, -0.25) is 0 Å². The van der Waals surface area contributed by atoms with Crippen molar-refractivity contribution in [1.29, 1.82) is 5.26 Å². The number of benzene rings is 2. The van der Waals surface area contributed by atoms with Crippen molar-refractivity contribution in [2.45, 2.75) is 52.4 Å². The van der Waals surface area contributed by atoms with Gasteiger partial charge in [0.15, 0.2) is 11.5 Å². The first-order valence-electron chi connectivity index (χ1n) is 10.4. The lowest BCUT2D eigenvalue weighted by Crippen LogP contribution is -2.01. The van der Waals surface area contributed by atoms with Crippen LogP contribution in [-0.2, 0) is 0 Å². The maximum absolute atomic E-state index is 9.57. The zero-order valence-corrected chi connectivity index (χ0v) is 19.0. The van der Waals surface area contributed by atoms with E-state index in [-0.39, 0.29) is 0 Å². The van der Waals surface area contributed by atoms with E-state index in [1.165, 1.54) is 32.1 Å². The molecule has 0 saturated carbocycles. The Hall–Kier alpha value is -2.25. The molecule has 0 N–H and O–H groups in total. The summed E-state index contributed by atoms with van der Waals surface area (Å²) in [6.45, 7) is 5.46. The van der Waals surface area contributed by atoms with E-state index in [1.807, 2.05) is 55.5 Å². The van der Waals surface area contributed by atoms with Crippen molar-refractivity contribution < 1.29 is 9.47 Å². The molecule has 0 bridgehead atoms. The molecule has 2 aromatic rings. The van der Waals surface area contributed by atoms with Crippen molar-refractivity contribution in [3.05, 3.63) is 58.1 Å². The molecule has 2 rings (SSSR count). The Balaban J connectivity index is 2.05. The van der Waals surface area contributed by atoms with Crippen LogP contribution in [0.15, 0.2) is 46.9 Å². The number of hydrogen-bond acceptors (Lipinski definition) is 3. The number of halogens is 1. The highest BCUT2D eigenvalue weighted by Crippen LogP contribution is 2.30. The molecule has 3 nitrogen and oxygen atoms in total. The monoisotopic (exact) mass is 455 g/mol. The predicted molar refractivity (Wildman–Crippen MR) is 124 cm³/mol. The second-order valence-electron chi connectivity index (χ2n) is 6.93. The Morgan fingerprint density at radius 2 is 1.66 bits per heavy atom. The lowest BCUT2D eigenvalue weighted by atomic mass is 10.0. The van der Waals surface area contributed by atoms with Crippen molar-refractivity contribution in [3.8, 4) is 17.6 Å². The van der Waals surface area contributed by atoms with E-state index in [1.54, 1.807) is 0 Å². The van der Waals surface area contributed by atoms with E-state index in [0.29, 0.717) is 18.8 Å². The Morgan fingerprint density at radius 1 is 0.931 bits per heavy atom. The summed E-state index contributed by atoms with van der Waals surface area (Å²) in [6, 6.07) is 15.9. The van der Waals surface area contributed by atoms with Gasteiger partial charge in [-0.25, -0.2) is 0 Å². The summed E-state index contributed by atoms with van der Waals surface area (Å²) in [7, 11) is 0. The third kappa shape index (κ3) is 7.95. The smallest absolute Gasteiger partial charge is 0.161 e. The SMILES string of the molecule is CCCCCCCCOc1ccc(/C=C(\C#N)c2ccc(Br)cc2)cc1OCC. The van der Waals surface area contributed by atoms with E-state index in [4.69, 9.17) is 9.47 Å². The van der Waals surface area contributed by atoms with Crippen molar-refractivity contribution in [2.75, 3.05) is 13.2 Å². The molecule has 0 atom stereocenters. The first kappa shape index (κ1) is 23.0. The van der Waals surface area contributed by atoms with Crippen LogP contribution in [0.2, 0.25) is 0 Å². The number of nitriles is 1. The fraction of sp³-hybridized carbons (Fsp3) is 0.400. The molecule has 0 amide bonds. The largest absolute Gasteiger partial charge is 0.490 e. The zero-order chi connectivity index (χ0) is 20.9. The number of unbranched alkanes of at least 4 members (excludes halogenated alkanes) is 5. The third-order valence-electron chi connectivity index (χ3n) is 4.61. The van der Waals surface area contributed by atoms with Crippen LogP contribution in [0, 0.1) is 11.3 Å². The molecular formula is C25H30BrNO2. The minimum atomic E-state index is 0.568. The summed E-state index contributed by atoms with van der Waals surface area (Å²) in [5, 5.41) is 9.57. The van der Waals surface area contributed by atoms with Crippen LogP contribution >= 0.6 is 15.9 Å². The quantitative estimate of drug-likeness (QED) is 0.187. The fourth-order valence-corrected chi connectivity index (χ4v) is 3.31. The topological polar surface area (TPSA) is 42.2 Å². The molecule has 29 heavy (non-hydrogen) atoms. The number of allylic oxidation sites excluding steroid dienone is 1. The molecule has 154 valence electrons. The molecule has 0 unspecified atom stereocenters. The maximum atomic E-state index is 9.57. The van der Waals surface area contributed by atoms with Gasteiger partial charge in [-0.15, -0.1) is 0 Å². The number of nitrogens with zero attached hydrogens (tertiary/aromatic N) is 1. The molecule has 0 fully saturated rings. The van der Waals surface area contributed by atoms with Gasteiger partial charge in [0.2, 0.25) is 0 Å². The van der Waals surface area contributed by atoms with Gasteiger partial charge in [0.05, 0.1) is 24.9 Å². The lowest BCUT2D eigenvalue weighted by molar-refractivity contribution is 0.270. The van der Waals surface area contributed by atoms with Gasteiger partial charge in [-0.2, -0.15) is 5.26 Å². The first-order valence-corrected chi connectivity index (χ1v) is 11.2. The van der Waals surface area contributed by atoms with Gasteiger partial charge >= 0.3 is 0 Å². The van der Waals surface area contributed by atoms with Gasteiger partial charge < -0.3 is 9.47 Å². The summed E-state index contributed by atoms with van der Waals surface area (Å²) >= 11 is 3.43. The van der Waals surface area contributed by atoms with Crippen LogP contribution in [-0.4, -0.2) is 13.2 Å². The maximum Gasteiger partial charge on any atom is 0.161 e. The second-order valence-corrected chi connectivity index (χ2v) is 7.85. The van der Waals surface area contributed by atoms with Gasteiger partial charge in [-0.1, -0.05) is 73.2 Å². The minimum Gasteiger partial charge on any atom is -0.490 e. The molecular weight excluding hydrogens is 426 g/mol. The van der Waals surface area contributed by atoms with Crippen molar-refractivity contribution in [1.82, 2.24) is 0 Å². The fourth-order valence-electron chi connectivity index (χ4n) is 3.04. The average Bonchev–Trinajstić information content (AvgIpc) is 2.73. The first-order chi connectivity index (χ1) is 14.2. The van der Waals surface area contributed by atoms with Crippen molar-refractivity contribution in [2.24, 2.45) is 0 Å². The summed E-state index contributed by atoms with van der Waals surface area (Å²) < 4.78 is 12.7. The second kappa shape index (κ2) is 13.1. The van der Waals surface area contributed by atoms with Gasteiger partial charge in [-0.05, 0) is 54.8 Å². The summed E-state index contributed by atoms with van der Waals surface area (Å²) in [5.41, 5.74) is 2.41. The van der Waals surface area contributed by atoms with Crippen molar-refractivity contribution >= 4 is 27.6 Å².